The zero-order valence-corrected chi connectivity index (χ0v) is 19.4. The summed E-state index contributed by atoms with van der Waals surface area (Å²) < 4.78 is 11.5. The number of esters is 1. The van der Waals surface area contributed by atoms with Crippen molar-refractivity contribution in [1.29, 1.82) is 0 Å². The van der Waals surface area contributed by atoms with Gasteiger partial charge in [0.2, 0.25) is 0 Å². The third kappa shape index (κ3) is 6.50. The second kappa shape index (κ2) is 11.1. The lowest BCUT2D eigenvalue weighted by Gasteiger charge is -2.10. The Kier molecular flexibility index (Phi) is 7.93. The molecule has 0 aliphatic heterocycles. The molecule has 3 rings (SSSR count). The molecule has 0 aliphatic carbocycles. The molecule has 0 bridgehead atoms. The average molecular weight is 510 g/mol. The molecule has 168 valence electrons. The molecule has 0 fully saturated rings. The Morgan fingerprint density at radius 2 is 1.73 bits per heavy atom. The number of hydrogen-bond donors (Lipinski definition) is 2. The van der Waals surface area contributed by atoms with Gasteiger partial charge in [0, 0.05) is 10.2 Å². The fourth-order valence-corrected chi connectivity index (χ4v) is 3.13. The summed E-state index contributed by atoms with van der Waals surface area (Å²) in [6.45, 7) is 1.82. The third-order valence-corrected chi connectivity index (χ3v) is 4.92. The number of carbonyl (C=O) groups excluding carboxylic acids is 3. The first-order valence-corrected chi connectivity index (χ1v) is 10.5. The van der Waals surface area contributed by atoms with Crippen LogP contribution >= 0.6 is 15.9 Å². The van der Waals surface area contributed by atoms with Gasteiger partial charge < -0.3 is 14.8 Å². The Morgan fingerprint density at radius 1 is 0.939 bits per heavy atom. The van der Waals surface area contributed by atoms with Crippen molar-refractivity contribution >= 4 is 45.6 Å². The zero-order chi connectivity index (χ0) is 23.8. The molecule has 0 aromatic heterocycles. The van der Waals surface area contributed by atoms with Crippen LogP contribution in [0.1, 0.15) is 21.5 Å². The summed E-state index contributed by atoms with van der Waals surface area (Å²) >= 11 is 3.31. The minimum atomic E-state index is -0.916. The number of halogens is 1. The van der Waals surface area contributed by atoms with Gasteiger partial charge in [-0.05, 0) is 60.5 Å². The number of nitrogens with one attached hydrogen (secondary N) is 2. The fraction of sp³-hybridized carbons (Fsp3) is 0.0833. The van der Waals surface area contributed by atoms with Gasteiger partial charge in [-0.2, -0.15) is 5.10 Å². The van der Waals surface area contributed by atoms with E-state index in [-0.39, 0.29) is 5.75 Å². The van der Waals surface area contributed by atoms with Gasteiger partial charge in [0.15, 0.2) is 11.5 Å². The van der Waals surface area contributed by atoms with Crippen molar-refractivity contribution in [3.8, 4) is 11.5 Å². The van der Waals surface area contributed by atoms with E-state index in [1.165, 1.54) is 13.3 Å². The highest BCUT2D eigenvalue weighted by Gasteiger charge is 2.15. The van der Waals surface area contributed by atoms with Gasteiger partial charge in [-0.3, -0.25) is 9.59 Å². The van der Waals surface area contributed by atoms with Gasteiger partial charge in [0.05, 0.1) is 18.9 Å². The topological polar surface area (TPSA) is 106 Å². The maximum absolute atomic E-state index is 12.4. The van der Waals surface area contributed by atoms with Crippen LogP contribution in [0.5, 0.6) is 11.5 Å². The van der Waals surface area contributed by atoms with Gasteiger partial charge in [-0.25, -0.2) is 10.2 Å². The Bertz CT molecular complexity index is 1230. The highest BCUT2D eigenvalue weighted by Crippen LogP contribution is 2.28. The molecule has 0 unspecified atom stereocenters. The van der Waals surface area contributed by atoms with Gasteiger partial charge in [-0.1, -0.05) is 40.2 Å². The monoisotopic (exact) mass is 509 g/mol. The van der Waals surface area contributed by atoms with Crippen LogP contribution in [0.25, 0.3) is 0 Å². The number of carbonyl (C=O) groups is 3. The number of benzene rings is 3. The quantitative estimate of drug-likeness (QED) is 0.171. The SMILES string of the molecule is COc1cc(/C=N/NC(=O)C(=O)Nc2ccccc2C)ccc1OC(=O)c1cccc(Br)c1. The molecule has 2 N–H and O–H groups in total. The number of methoxy groups -OCH3 is 1. The Balaban J connectivity index is 1.62. The number of hydrazone groups is 1. The fourth-order valence-electron chi connectivity index (χ4n) is 2.73. The zero-order valence-electron chi connectivity index (χ0n) is 17.8. The lowest BCUT2D eigenvalue weighted by atomic mass is 10.2. The average Bonchev–Trinajstić information content (AvgIpc) is 2.81. The molecule has 2 amide bonds. The molecule has 0 heterocycles. The smallest absolute Gasteiger partial charge is 0.343 e. The van der Waals surface area contributed by atoms with E-state index in [0.29, 0.717) is 22.6 Å². The maximum atomic E-state index is 12.4. The highest BCUT2D eigenvalue weighted by molar-refractivity contribution is 9.10. The van der Waals surface area contributed by atoms with Gasteiger partial charge in [-0.15, -0.1) is 0 Å². The first kappa shape index (κ1) is 23.7. The van der Waals surface area contributed by atoms with Crippen LogP contribution in [0.15, 0.2) is 76.3 Å². The first-order chi connectivity index (χ1) is 15.9. The minimum Gasteiger partial charge on any atom is -0.493 e. The third-order valence-electron chi connectivity index (χ3n) is 4.43. The van der Waals surface area contributed by atoms with Crippen molar-refractivity contribution in [3.05, 3.63) is 87.9 Å². The van der Waals surface area contributed by atoms with E-state index in [1.54, 1.807) is 54.6 Å². The number of rotatable bonds is 6. The lowest BCUT2D eigenvalue weighted by molar-refractivity contribution is -0.136. The molecule has 3 aromatic rings. The molecular formula is C24H20BrN3O5. The van der Waals surface area contributed by atoms with Crippen LogP contribution in [0.3, 0.4) is 0 Å². The summed E-state index contributed by atoms with van der Waals surface area (Å²) in [6.07, 6.45) is 1.33. The van der Waals surface area contributed by atoms with E-state index < -0.39 is 17.8 Å². The van der Waals surface area contributed by atoms with Crippen molar-refractivity contribution in [1.82, 2.24) is 5.43 Å². The van der Waals surface area contributed by atoms with Gasteiger partial charge in [0.25, 0.3) is 0 Å². The second-order valence-corrected chi connectivity index (χ2v) is 7.69. The van der Waals surface area contributed by atoms with Crippen LogP contribution in [0, 0.1) is 6.92 Å². The first-order valence-electron chi connectivity index (χ1n) is 9.73. The van der Waals surface area contributed by atoms with Gasteiger partial charge in [0.1, 0.15) is 0 Å². The van der Waals surface area contributed by atoms with E-state index in [0.717, 1.165) is 10.0 Å². The van der Waals surface area contributed by atoms with Crippen molar-refractivity contribution in [3.63, 3.8) is 0 Å². The van der Waals surface area contributed by atoms with Crippen LogP contribution in [0.4, 0.5) is 5.69 Å². The van der Waals surface area contributed by atoms with Crippen molar-refractivity contribution in [2.24, 2.45) is 5.10 Å². The predicted molar refractivity (Wildman–Crippen MR) is 128 cm³/mol. The van der Waals surface area contributed by atoms with Gasteiger partial charge >= 0.3 is 17.8 Å². The normalized spacial score (nSPS) is 10.5. The summed E-state index contributed by atoms with van der Waals surface area (Å²) in [6, 6.07) is 18.7. The Hall–Kier alpha value is -3.98. The molecule has 3 aromatic carbocycles. The largest absolute Gasteiger partial charge is 0.493 e. The number of hydrogen-bond acceptors (Lipinski definition) is 6. The molecule has 0 spiro atoms. The highest BCUT2D eigenvalue weighted by atomic mass is 79.9. The number of nitrogens with zero attached hydrogens (tertiary/aromatic N) is 1. The van der Waals surface area contributed by atoms with Crippen molar-refractivity contribution in [2.45, 2.75) is 6.92 Å². The molecule has 8 nitrogen and oxygen atoms in total. The predicted octanol–water partition coefficient (Wildman–Crippen LogP) is 4.07. The van der Waals surface area contributed by atoms with Crippen LogP contribution < -0.4 is 20.2 Å². The number of amides is 2. The number of para-hydroxylation sites is 1. The summed E-state index contributed by atoms with van der Waals surface area (Å²) in [5.74, 6) is -1.77. The molecule has 0 saturated heterocycles. The Labute approximate surface area is 198 Å². The Morgan fingerprint density at radius 3 is 2.45 bits per heavy atom. The maximum Gasteiger partial charge on any atom is 0.343 e. The van der Waals surface area contributed by atoms with Crippen LogP contribution in [-0.4, -0.2) is 31.1 Å². The molecule has 9 heteroatoms. The molecule has 33 heavy (non-hydrogen) atoms. The summed E-state index contributed by atoms with van der Waals surface area (Å²) in [5.41, 5.74) is 4.47. The summed E-state index contributed by atoms with van der Waals surface area (Å²) in [5, 5.41) is 6.32. The molecule has 0 radical (unpaired) electrons. The minimum absolute atomic E-state index is 0.223. The van der Waals surface area contributed by atoms with E-state index in [2.05, 4.69) is 31.8 Å². The molecule has 0 atom stereocenters. The molecular weight excluding hydrogens is 490 g/mol. The number of aryl methyl sites for hydroxylation is 1. The van der Waals surface area contributed by atoms with Crippen molar-refractivity contribution < 1.29 is 23.9 Å². The summed E-state index contributed by atoms with van der Waals surface area (Å²) in [4.78, 5) is 36.4. The number of ether oxygens (including phenoxy) is 2. The van der Waals surface area contributed by atoms with Crippen molar-refractivity contribution in [2.75, 3.05) is 12.4 Å². The second-order valence-electron chi connectivity index (χ2n) is 6.78. The molecule has 0 saturated carbocycles. The van der Waals surface area contributed by atoms with E-state index in [4.69, 9.17) is 9.47 Å². The van der Waals surface area contributed by atoms with E-state index >= 15 is 0 Å². The van der Waals surface area contributed by atoms with E-state index in [1.807, 2.05) is 19.1 Å². The lowest BCUT2D eigenvalue weighted by Crippen LogP contribution is -2.32. The van der Waals surface area contributed by atoms with E-state index in [9.17, 15) is 14.4 Å². The number of anilines is 1. The molecule has 0 aliphatic rings. The summed E-state index contributed by atoms with van der Waals surface area (Å²) in [7, 11) is 1.43. The standard InChI is InChI=1S/C24H20BrN3O5/c1-15-6-3-4-9-19(15)27-22(29)23(30)28-26-14-16-10-11-20(21(12-16)32-2)33-24(31)17-7-5-8-18(25)13-17/h3-14H,1-2H3,(H,27,29)(H,28,30)/b26-14+. The van der Waals surface area contributed by atoms with Crippen LogP contribution in [0.2, 0.25) is 0 Å². The van der Waals surface area contributed by atoms with Crippen LogP contribution in [-0.2, 0) is 9.59 Å².